The highest BCUT2D eigenvalue weighted by Crippen LogP contribution is 2.30. The molecule has 1 atom stereocenters. The number of hydrogen-bond acceptors (Lipinski definition) is 3. The summed E-state index contributed by atoms with van der Waals surface area (Å²) in [4.78, 5) is 10.6. The van der Waals surface area contributed by atoms with Gasteiger partial charge in [0.05, 0.1) is 4.92 Å². The number of nitro groups is 1. The summed E-state index contributed by atoms with van der Waals surface area (Å²) in [5.74, 6) is 0. The lowest BCUT2D eigenvalue weighted by Gasteiger charge is -2.15. The quantitative estimate of drug-likeness (QED) is 0.664. The molecule has 0 saturated carbocycles. The van der Waals surface area contributed by atoms with Gasteiger partial charge in [-0.15, -0.1) is 0 Å². The highest BCUT2D eigenvalue weighted by atomic mass is 35.5. The first-order valence-corrected chi connectivity index (χ1v) is 6.21. The third-order valence-corrected chi connectivity index (χ3v) is 3.06. The lowest BCUT2D eigenvalue weighted by Crippen LogP contribution is -2.08. The van der Waals surface area contributed by atoms with Crippen molar-refractivity contribution in [3.05, 3.63) is 69.2 Å². The second-order valence-corrected chi connectivity index (χ2v) is 4.63. The molecular weight excluding hydrogens is 264 g/mol. The second-order valence-electron chi connectivity index (χ2n) is 4.20. The third-order valence-electron chi connectivity index (χ3n) is 2.83. The Balaban J connectivity index is 2.26. The third kappa shape index (κ3) is 3.23. The zero-order valence-electron chi connectivity index (χ0n) is 10.3. The highest BCUT2D eigenvalue weighted by Gasteiger charge is 2.16. The number of nitrogens with zero attached hydrogens (tertiary/aromatic N) is 1. The number of halogens is 1. The van der Waals surface area contributed by atoms with Crippen LogP contribution < -0.4 is 5.32 Å². The molecule has 2 aromatic carbocycles. The molecule has 0 fully saturated rings. The van der Waals surface area contributed by atoms with Crippen molar-refractivity contribution < 1.29 is 4.92 Å². The Bertz CT molecular complexity index is 587. The van der Waals surface area contributed by atoms with E-state index in [9.17, 15) is 10.1 Å². The molecule has 0 amide bonds. The van der Waals surface area contributed by atoms with Crippen LogP contribution in [0.3, 0.4) is 0 Å². The standard InChI is InChI=1S/C14H13ClN2O2/c1-10(11-5-3-2-4-6-11)16-13-8-7-12(15)9-14(13)17(18)19/h2-10,16H,1H3/t10-/m1/s1. The van der Waals surface area contributed by atoms with Gasteiger partial charge in [-0.1, -0.05) is 41.9 Å². The van der Waals surface area contributed by atoms with E-state index in [1.165, 1.54) is 6.07 Å². The number of nitro benzene ring substituents is 1. The van der Waals surface area contributed by atoms with Gasteiger partial charge in [0.1, 0.15) is 5.69 Å². The maximum Gasteiger partial charge on any atom is 0.293 e. The number of nitrogens with one attached hydrogen (secondary N) is 1. The molecule has 4 nitrogen and oxygen atoms in total. The molecule has 2 rings (SSSR count). The van der Waals surface area contributed by atoms with E-state index in [4.69, 9.17) is 11.6 Å². The van der Waals surface area contributed by atoms with Crippen molar-refractivity contribution in [1.29, 1.82) is 0 Å². The van der Waals surface area contributed by atoms with Gasteiger partial charge < -0.3 is 5.32 Å². The summed E-state index contributed by atoms with van der Waals surface area (Å²) >= 11 is 5.78. The topological polar surface area (TPSA) is 55.2 Å². The summed E-state index contributed by atoms with van der Waals surface area (Å²) in [6, 6.07) is 14.3. The summed E-state index contributed by atoms with van der Waals surface area (Å²) in [6.07, 6.45) is 0. The van der Waals surface area contributed by atoms with Crippen LogP contribution in [0.1, 0.15) is 18.5 Å². The predicted octanol–water partition coefficient (Wildman–Crippen LogP) is 4.42. The second kappa shape index (κ2) is 5.71. The molecule has 2 aromatic rings. The molecule has 0 aliphatic rings. The average molecular weight is 277 g/mol. The van der Waals surface area contributed by atoms with Crippen molar-refractivity contribution in [2.75, 3.05) is 5.32 Å². The number of hydrogen-bond donors (Lipinski definition) is 1. The molecule has 1 N–H and O–H groups in total. The van der Waals surface area contributed by atoms with Crippen molar-refractivity contribution in [3.8, 4) is 0 Å². The van der Waals surface area contributed by atoms with Crippen LogP contribution in [0.2, 0.25) is 5.02 Å². The maximum atomic E-state index is 11.0. The van der Waals surface area contributed by atoms with Gasteiger partial charge in [0, 0.05) is 17.1 Å². The van der Waals surface area contributed by atoms with Gasteiger partial charge in [-0.05, 0) is 24.6 Å². The van der Waals surface area contributed by atoms with E-state index in [-0.39, 0.29) is 11.7 Å². The van der Waals surface area contributed by atoms with Crippen LogP contribution in [0.25, 0.3) is 0 Å². The molecule has 0 saturated heterocycles. The predicted molar refractivity (Wildman–Crippen MR) is 76.6 cm³/mol. The highest BCUT2D eigenvalue weighted by molar-refractivity contribution is 6.30. The molecule has 0 unspecified atom stereocenters. The van der Waals surface area contributed by atoms with E-state index in [1.807, 2.05) is 37.3 Å². The van der Waals surface area contributed by atoms with E-state index in [0.717, 1.165) is 5.56 Å². The van der Waals surface area contributed by atoms with Crippen LogP contribution >= 0.6 is 11.6 Å². The molecule has 0 aliphatic heterocycles. The minimum absolute atomic E-state index is 0.0183. The molecule has 0 aromatic heterocycles. The Kier molecular flexibility index (Phi) is 4.02. The SMILES string of the molecule is C[C@@H](Nc1ccc(Cl)cc1[N+](=O)[O-])c1ccccc1. The maximum absolute atomic E-state index is 11.0. The number of rotatable bonds is 4. The fourth-order valence-corrected chi connectivity index (χ4v) is 2.00. The zero-order chi connectivity index (χ0) is 13.8. The van der Waals surface area contributed by atoms with Crippen LogP contribution in [0.15, 0.2) is 48.5 Å². The smallest absolute Gasteiger partial charge is 0.293 e. The summed E-state index contributed by atoms with van der Waals surface area (Å²) < 4.78 is 0. The van der Waals surface area contributed by atoms with E-state index < -0.39 is 4.92 Å². The molecule has 0 spiro atoms. The Hall–Kier alpha value is -2.07. The van der Waals surface area contributed by atoms with E-state index in [2.05, 4.69) is 5.32 Å². The van der Waals surface area contributed by atoms with Gasteiger partial charge in [-0.3, -0.25) is 10.1 Å². The Morgan fingerprint density at radius 2 is 1.89 bits per heavy atom. The summed E-state index contributed by atoms with van der Waals surface area (Å²) in [6.45, 7) is 1.95. The van der Waals surface area contributed by atoms with Crippen molar-refractivity contribution in [2.24, 2.45) is 0 Å². The molecular formula is C14H13ClN2O2. The Morgan fingerprint density at radius 3 is 2.53 bits per heavy atom. The minimum atomic E-state index is -0.439. The first kappa shape index (κ1) is 13.4. The van der Waals surface area contributed by atoms with Crippen LogP contribution in [0.5, 0.6) is 0 Å². The largest absolute Gasteiger partial charge is 0.373 e. The Morgan fingerprint density at radius 1 is 1.21 bits per heavy atom. The molecule has 0 aliphatic carbocycles. The van der Waals surface area contributed by atoms with Crippen LogP contribution in [0, 0.1) is 10.1 Å². The fraction of sp³-hybridized carbons (Fsp3) is 0.143. The fourth-order valence-electron chi connectivity index (χ4n) is 1.84. The van der Waals surface area contributed by atoms with Gasteiger partial charge in [-0.25, -0.2) is 0 Å². The summed E-state index contributed by atoms with van der Waals surface area (Å²) in [5, 5.41) is 14.5. The monoisotopic (exact) mass is 276 g/mol. The van der Waals surface area contributed by atoms with Crippen LogP contribution in [-0.4, -0.2) is 4.92 Å². The van der Waals surface area contributed by atoms with E-state index >= 15 is 0 Å². The lowest BCUT2D eigenvalue weighted by atomic mass is 10.1. The molecule has 0 radical (unpaired) electrons. The summed E-state index contributed by atoms with van der Waals surface area (Å²) in [7, 11) is 0. The van der Waals surface area contributed by atoms with E-state index in [1.54, 1.807) is 12.1 Å². The molecule has 19 heavy (non-hydrogen) atoms. The lowest BCUT2D eigenvalue weighted by molar-refractivity contribution is -0.384. The van der Waals surface area contributed by atoms with Gasteiger partial charge in [-0.2, -0.15) is 0 Å². The number of benzene rings is 2. The first-order chi connectivity index (χ1) is 9.08. The van der Waals surface area contributed by atoms with Gasteiger partial charge >= 0.3 is 0 Å². The molecule has 0 heterocycles. The first-order valence-electron chi connectivity index (χ1n) is 5.83. The zero-order valence-corrected chi connectivity index (χ0v) is 11.1. The van der Waals surface area contributed by atoms with Gasteiger partial charge in [0.2, 0.25) is 0 Å². The summed E-state index contributed by atoms with van der Waals surface area (Å²) in [5.41, 5.74) is 1.51. The van der Waals surface area contributed by atoms with E-state index in [0.29, 0.717) is 10.7 Å². The molecule has 98 valence electrons. The van der Waals surface area contributed by atoms with Crippen LogP contribution in [-0.2, 0) is 0 Å². The Labute approximate surface area is 116 Å². The minimum Gasteiger partial charge on any atom is -0.373 e. The van der Waals surface area contributed by atoms with Crippen molar-refractivity contribution in [3.63, 3.8) is 0 Å². The normalized spacial score (nSPS) is 11.9. The van der Waals surface area contributed by atoms with Gasteiger partial charge in [0.15, 0.2) is 0 Å². The van der Waals surface area contributed by atoms with Crippen molar-refractivity contribution >= 4 is 23.0 Å². The van der Waals surface area contributed by atoms with Crippen LogP contribution in [0.4, 0.5) is 11.4 Å². The van der Waals surface area contributed by atoms with Crippen molar-refractivity contribution in [2.45, 2.75) is 13.0 Å². The number of anilines is 1. The average Bonchev–Trinajstić information content (AvgIpc) is 2.41. The molecule has 5 heteroatoms. The van der Waals surface area contributed by atoms with Crippen molar-refractivity contribution in [1.82, 2.24) is 0 Å². The van der Waals surface area contributed by atoms with Gasteiger partial charge in [0.25, 0.3) is 5.69 Å². The molecule has 0 bridgehead atoms.